The minimum Gasteiger partial charge on any atom is -0.353 e. The SMILES string of the molecule is CCC(CC)NC(=O)Cc1cccc(Br)c1. The third-order valence-corrected chi connectivity index (χ3v) is 3.10. The van der Waals surface area contributed by atoms with Crippen molar-refractivity contribution in [2.75, 3.05) is 0 Å². The Morgan fingerprint density at radius 2 is 2.06 bits per heavy atom. The van der Waals surface area contributed by atoms with Crippen molar-refractivity contribution in [3.05, 3.63) is 34.3 Å². The molecule has 1 N–H and O–H groups in total. The highest BCUT2D eigenvalue weighted by Gasteiger charge is 2.08. The van der Waals surface area contributed by atoms with Crippen molar-refractivity contribution in [2.24, 2.45) is 0 Å². The van der Waals surface area contributed by atoms with Crippen molar-refractivity contribution in [1.82, 2.24) is 5.32 Å². The second-order valence-corrected chi connectivity index (χ2v) is 4.80. The van der Waals surface area contributed by atoms with E-state index < -0.39 is 0 Å². The van der Waals surface area contributed by atoms with Gasteiger partial charge in [0.1, 0.15) is 0 Å². The third kappa shape index (κ3) is 4.35. The Balaban J connectivity index is 2.51. The van der Waals surface area contributed by atoms with E-state index in [0.29, 0.717) is 12.5 Å². The summed E-state index contributed by atoms with van der Waals surface area (Å²) in [5, 5.41) is 3.03. The fourth-order valence-electron chi connectivity index (χ4n) is 1.60. The molecule has 3 heteroatoms. The summed E-state index contributed by atoms with van der Waals surface area (Å²) in [7, 11) is 0. The van der Waals surface area contributed by atoms with Crippen molar-refractivity contribution >= 4 is 21.8 Å². The molecule has 0 saturated carbocycles. The maximum absolute atomic E-state index is 11.7. The van der Waals surface area contributed by atoms with Gasteiger partial charge in [-0.25, -0.2) is 0 Å². The van der Waals surface area contributed by atoms with Gasteiger partial charge in [0.2, 0.25) is 5.91 Å². The number of amides is 1. The molecule has 0 aliphatic rings. The van der Waals surface area contributed by atoms with Gasteiger partial charge in [0.15, 0.2) is 0 Å². The predicted molar refractivity (Wildman–Crippen MR) is 70.4 cm³/mol. The highest BCUT2D eigenvalue weighted by Crippen LogP contribution is 2.12. The standard InChI is InChI=1S/C13H18BrNO/c1-3-12(4-2)15-13(16)9-10-6-5-7-11(14)8-10/h5-8,12H,3-4,9H2,1-2H3,(H,15,16). The maximum Gasteiger partial charge on any atom is 0.224 e. The molecule has 0 aliphatic heterocycles. The quantitative estimate of drug-likeness (QED) is 0.883. The Morgan fingerprint density at radius 3 is 2.62 bits per heavy atom. The normalized spacial score (nSPS) is 10.5. The van der Waals surface area contributed by atoms with Crippen LogP contribution < -0.4 is 5.32 Å². The van der Waals surface area contributed by atoms with Gasteiger partial charge in [0.05, 0.1) is 6.42 Å². The average Bonchev–Trinajstić information content (AvgIpc) is 2.26. The zero-order valence-corrected chi connectivity index (χ0v) is 11.4. The van der Waals surface area contributed by atoms with Crippen LogP contribution in [0.2, 0.25) is 0 Å². The number of nitrogens with one attached hydrogen (secondary N) is 1. The van der Waals surface area contributed by atoms with Gasteiger partial charge in [-0.2, -0.15) is 0 Å². The fourth-order valence-corrected chi connectivity index (χ4v) is 2.05. The summed E-state index contributed by atoms with van der Waals surface area (Å²) in [6.07, 6.45) is 2.43. The van der Waals surface area contributed by atoms with E-state index in [9.17, 15) is 4.79 Å². The molecule has 88 valence electrons. The van der Waals surface area contributed by atoms with Crippen LogP contribution in [0.3, 0.4) is 0 Å². The lowest BCUT2D eigenvalue weighted by Crippen LogP contribution is -2.34. The van der Waals surface area contributed by atoms with E-state index in [1.165, 1.54) is 0 Å². The molecule has 0 aromatic heterocycles. The highest BCUT2D eigenvalue weighted by atomic mass is 79.9. The Morgan fingerprint density at radius 1 is 1.38 bits per heavy atom. The van der Waals surface area contributed by atoms with Crippen LogP contribution in [0, 0.1) is 0 Å². The van der Waals surface area contributed by atoms with Gasteiger partial charge in [-0.15, -0.1) is 0 Å². The number of hydrogen-bond acceptors (Lipinski definition) is 1. The Labute approximate surface area is 106 Å². The summed E-state index contributed by atoms with van der Waals surface area (Å²) >= 11 is 3.40. The highest BCUT2D eigenvalue weighted by molar-refractivity contribution is 9.10. The lowest BCUT2D eigenvalue weighted by Gasteiger charge is -2.14. The van der Waals surface area contributed by atoms with Crippen molar-refractivity contribution in [3.63, 3.8) is 0 Å². The minimum atomic E-state index is 0.104. The van der Waals surface area contributed by atoms with Crippen molar-refractivity contribution in [2.45, 2.75) is 39.2 Å². The summed E-state index contributed by atoms with van der Waals surface area (Å²) in [5.41, 5.74) is 1.04. The first kappa shape index (κ1) is 13.2. The molecule has 0 radical (unpaired) electrons. The summed E-state index contributed by atoms with van der Waals surface area (Å²) in [6.45, 7) is 4.18. The number of hydrogen-bond donors (Lipinski definition) is 1. The van der Waals surface area contributed by atoms with E-state index in [-0.39, 0.29) is 5.91 Å². The Bertz CT molecular complexity index is 348. The molecule has 1 rings (SSSR count). The van der Waals surface area contributed by atoms with Gasteiger partial charge < -0.3 is 5.32 Å². The second kappa shape index (κ2) is 6.69. The molecule has 0 fully saturated rings. The first-order valence-electron chi connectivity index (χ1n) is 5.69. The largest absolute Gasteiger partial charge is 0.353 e. The van der Waals surface area contributed by atoms with Gasteiger partial charge in [-0.1, -0.05) is 41.9 Å². The average molecular weight is 284 g/mol. The number of halogens is 1. The molecule has 0 unspecified atom stereocenters. The molecule has 1 aromatic rings. The van der Waals surface area contributed by atoms with E-state index in [2.05, 4.69) is 35.1 Å². The van der Waals surface area contributed by atoms with Crippen LogP contribution >= 0.6 is 15.9 Å². The molecule has 2 nitrogen and oxygen atoms in total. The molecule has 0 bridgehead atoms. The van der Waals surface area contributed by atoms with Crippen LogP contribution in [-0.2, 0) is 11.2 Å². The summed E-state index contributed by atoms with van der Waals surface area (Å²) in [4.78, 5) is 11.7. The molecule has 0 atom stereocenters. The molecule has 0 saturated heterocycles. The minimum absolute atomic E-state index is 0.104. The Hall–Kier alpha value is -0.830. The zero-order valence-electron chi connectivity index (χ0n) is 9.79. The van der Waals surface area contributed by atoms with Crippen LogP contribution in [0.25, 0.3) is 0 Å². The maximum atomic E-state index is 11.7. The topological polar surface area (TPSA) is 29.1 Å². The molecule has 0 heterocycles. The molecule has 0 aliphatic carbocycles. The second-order valence-electron chi connectivity index (χ2n) is 3.89. The predicted octanol–water partition coefficient (Wildman–Crippen LogP) is 3.30. The number of carbonyl (C=O) groups excluding carboxylic acids is 1. The van der Waals surface area contributed by atoms with Gasteiger partial charge in [-0.3, -0.25) is 4.79 Å². The molecule has 16 heavy (non-hydrogen) atoms. The number of benzene rings is 1. The molecule has 0 spiro atoms. The van der Waals surface area contributed by atoms with Gasteiger partial charge in [-0.05, 0) is 30.5 Å². The van der Waals surface area contributed by atoms with E-state index in [4.69, 9.17) is 0 Å². The van der Waals surface area contributed by atoms with Crippen LogP contribution in [0.1, 0.15) is 32.3 Å². The van der Waals surface area contributed by atoms with Gasteiger partial charge >= 0.3 is 0 Å². The first-order chi connectivity index (χ1) is 7.65. The van der Waals surface area contributed by atoms with Gasteiger partial charge in [0, 0.05) is 10.5 Å². The van der Waals surface area contributed by atoms with E-state index in [1.54, 1.807) is 0 Å². The first-order valence-corrected chi connectivity index (χ1v) is 6.48. The smallest absolute Gasteiger partial charge is 0.224 e. The van der Waals surface area contributed by atoms with Crippen LogP contribution in [0.15, 0.2) is 28.7 Å². The summed E-state index contributed by atoms with van der Waals surface area (Å²) in [5.74, 6) is 0.104. The van der Waals surface area contributed by atoms with Crippen molar-refractivity contribution in [3.8, 4) is 0 Å². The fraction of sp³-hybridized carbons (Fsp3) is 0.462. The van der Waals surface area contributed by atoms with Crippen molar-refractivity contribution < 1.29 is 4.79 Å². The molecule has 1 aromatic carbocycles. The van der Waals surface area contributed by atoms with Crippen molar-refractivity contribution in [1.29, 1.82) is 0 Å². The number of rotatable bonds is 5. The lowest BCUT2D eigenvalue weighted by atomic mass is 10.1. The monoisotopic (exact) mass is 283 g/mol. The zero-order chi connectivity index (χ0) is 12.0. The molecular weight excluding hydrogens is 266 g/mol. The van der Waals surface area contributed by atoms with E-state index >= 15 is 0 Å². The van der Waals surface area contributed by atoms with Crippen LogP contribution in [-0.4, -0.2) is 11.9 Å². The van der Waals surface area contributed by atoms with Gasteiger partial charge in [0.25, 0.3) is 0 Å². The molecule has 1 amide bonds. The summed E-state index contributed by atoms with van der Waals surface area (Å²) < 4.78 is 1.01. The Kier molecular flexibility index (Phi) is 5.53. The third-order valence-electron chi connectivity index (χ3n) is 2.60. The van der Waals surface area contributed by atoms with E-state index in [0.717, 1.165) is 22.9 Å². The lowest BCUT2D eigenvalue weighted by molar-refractivity contribution is -0.121. The summed E-state index contributed by atoms with van der Waals surface area (Å²) in [6, 6.07) is 8.16. The number of carbonyl (C=O) groups is 1. The van der Waals surface area contributed by atoms with Crippen LogP contribution in [0.4, 0.5) is 0 Å². The molecular formula is C13H18BrNO. The van der Waals surface area contributed by atoms with Crippen LogP contribution in [0.5, 0.6) is 0 Å². The van der Waals surface area contributed by atoms with E-state index in [1.807, 2.05) is 24.3 Å².